The van der Waals surface area contributed by atoms with Crippen LogP contribution in [-0.4, -0.2) is 25.2 Å². The van der Waals surface area contributed by atoms with E-state index in [2.05, 4.69) is 26.8 Å². The van der Waals surface area contributed by atoms with Crippen LogP contribution in [0.1, 0.15) is 87.0 Å². The van der Waals surface area contributed by atoms with E-state index in [1.807, 2.05) is 27.7 Å². The minimum Gasteiger partial charge on any atom is -0.466 e. The van der Waals surface area contributed by atoms with Gasteiger partial charge in [0.1, 0.15) is 0 Å². The first kappa shape index (κ1) is 24.7. The third kappa shape index (κ3) is 9.98. The summed E-state index contributed by atoms with van der Waals surface area (Å²) in [5.41, 5.74) is 0.790. The van der Waals surface area contributed by atoms with Crippen molar-refractivity contribution in [1.29, 1.82) is 0 Å². The largest absolute Gasteiger partial charge is 0.466 e. The van der Waals surface area contributed by atoms with E-state index in [1.54, 1.807) is 0 Å². The number of allylic oxidation sites excluding steroid dienone is 2. The molecule has 0 bridgehead atoms. The molecule has 4 heteroatoms. The van der Waals surface area contributed by atoms with Gasteiger partial charge in [-0.05, 0) is 37.5 Å². The van der Waals surface area contributed by atoms with Gasteiger partial charge in [-0.1, -0.05) is 66.0 Å². The Kier molecular flexibility index (Phi) is 12.3. The molecule has 0 fully saturated rings. The molecule has 26 heavy (non-hydrogen) atoms. The molecule has 0 saturated heterocycles. The number of hydrogen-bond acceptors (Lipinski definition) is 4. The number of carbonyl (C=O) groups is 2. The molecule has 4 nitrogen and oxygen atoms in total. The minimum atomic E-state index is -0.533. The van der Waals surface area contributed by atoms with Gasteiger partial charge >= 0.3 is 11.9 Å². The fourth-order valence-corrected chi connectivity index (χ4v) is 3.33. The summed E-state index contributed by atoms with van der Waals surface area (Å²) in [5, 5.41) is 0. The van der Waals surface area contributed by atoms with Crippen LogP contribution in [0.25, 0.3) is 0 Å². The van der Waals surface area contributed by atoms with Crippen LogP contribution >= 0.6 is 0 Å². The average Bonchev–Trinajstić information content (AvgIpc) is 2.54. The molecule has 0 aliphatic heterocycles. The molecule has 2 unspecified atom stereocenters. The van der Waals surface area contributed by atoms with Crippen LogP contribution in [-0.2, 0) is 19.1 Å². The summed E-state index contributed by atoms with van der Waals surface area (Å²) >= 11 is 0. The molecule has 0 aromatic rings. The van der Waals surface area contributed by atoms with Gasteiger partial charge in [-0.2, -0.15) is 0 Å². The van der Waals surface area contributed by atoms with Crippen LogP contribution < -0.4 is 0 Å². The number of esters is 2. The fraction of sp³-hybridized carbons (Fsp3) is 0.818. The van der Waals surface area contributed by atoms with E-state index in [9.17, 15) is 9.59 Å². The van der Waals surface area contributed by atoms with Gasteiger partial charge in [0, 0.05) is 0 Å². The predicted octanol–water partition coefficient (Wildman–Crippen LogP) is 5.70. The van der Waals surface area contributed by atoms with Crippen LogP contribution in [0.15, 0.2) is 11.6 Å². The van der Waals surface area contributed by atoms with E-state index in [0.717, 1.165) is 19.3 Å². The Balaban J connectivity index is 5.27. The van der Waals surface area contributed by atoms with Gasteiger partial charge < -0.3 is 9.47 Å². The predicted molar refractivity (Wildman–Crippen MR) is 107 cm³/mol. The summed E-state index contributed by atoms with van der Waals surface area (Å²) in [6.45, 7) is 15.3. The third-order valence-corrected chi connectivity index (χ3v) is 4.54. The second kappa shape index (κ2) is 12.9. The van der Waals surface area contributed by atoms with Crippen molar-refractivity contribution in [2.75, 3.05) is 13.2 Å². The molecule has 152 valence electrons. The van der Waals surface area contributed by atoms with E-state index < -0.39 is 11.3 Å². The molecule has 0 N–H and O–H groups in total. The first-order valence-corrected chi connectivity index (χ1v) is 10.2. The van der Waals surface area contributed by atoms with Crippen LogP contribution in [0.4, 0.5) is 0 Å². The Bertz CT molecular complexity index is 451. The summed E-state index contributed by atoms with van der Waals surface area (Å²) in [6, 6.07) is 0. The number of carbonyl (C=O) groups excluding carboxylic acids is 2. The quantitative estimate of drug-likeness (QED) is 0.309. The summed E-state index contributed by atoms with van der Waals surface area (Å²) in [4.78, 5) is 24.7. The summed E-state index contributed by atoms with van der Waals surface area (Å²) in [6.07, 6.45) is 7.11. The van der Waals surface area contributed by atoms with Crippen molar-refractivity contribution >= 4 is 11.9 Å². The number of ether oxygens (including phenoxy) is 2. The Labute approximate surface area is 160 Å². The number of hydrogen-bond donors (Lipinski definition) is 0. The normalized spacial score (nSPS) is 14.7. The van der Waals surface area contributed by atoms with E-state index in [4.69, 9.17) is 9.47 Å². The topological polar surface area (TPSA) is 52.6 Å². The highest BCUT2D eigenvalue weighted by atomic mass is 16.5. The molecule has 0 aromatic carbocycles. The van der Waals surface area contributed by atoms with Gasteiger partial charge in [0.15, 0.2) is 0 Å². The lowest BCUT2D eigenvalue weighted by molar-refractivity contribution is -0.158. The molecule has 0 spiro atoms. The van der Waals surface area contributed by atoms with Crippen molar-refractivity contribution in [2.24, 2.45) is 17.3 Å². The highest BCUT2D eigenvalue weighted by Crippen LogP contribution is 2.35. The second-order valence-corrected chi connectivity index (χ2v) is 8.05. The molecule has 0 amide bonds. The first-order chi connectivity index (χ1) is 12.2. The zero-order valence-corrected chi connectivity index (χ0v) is 18.0. The van der Waals surface area contributed by atoms with Crippen molar-refractivity contribution in [3.63, 3.8) is 0 Å². The van der Waals surface area contributed by atoms with Crippen LogP contribution in [0, 0.1) is 17.3 Å². The smallest absolute Gasteiger partial charge is 0.310 e. The summed E-state index contributed by atoms with van der Waals surface area (Å²) in [7, 11) is 0. The molecule has 0 aromatic heterocycles. The molecule has 0 rings (SSSR count). The zero-order chi connectivity index (χ0) is 20.2. The van der Waals surface area contributed by atoms with Gasteiger partial charge in [-0.25, -0.2) is 0 Å². The molecule has 0 heterocycles. The maximum Gasteiger partial charge on any atom is 0.310 e. The maximum atomic E-state index is 12.6. The monoisotopic (exact) mass is 368 g/mol. The van der Waals surface area contributed by atoms with Crippen molar-refractivity contribution in [2.45, 2.75) is 87.0 Å². The van der Waals surface area contributed by atoms with Crippen molar-refractivity contribution < 1.29 is 19.1 Å². The SMILES string of the molecule is CCCOC(=O)CC(C(=O)OCCC)C(C)(C)/C=C(/C)CC(C)CCC. The molecular formula is C22H40O4. The lowest BCUT2D eigenvalue weighted by Crippen LogP contribution is -2.34. The molecule has 0 saturated carbocycles. The lowest BCUT2D eigenvalue weighted by atomic mass is 9.75. The van der Waals surface area contributed by atoms with E-state index in [0.29, 0.717) is 19.1 Å². The third-order valence-electron chi connectivity index (χ3n) is 4.54. The average molecular weight is 369 g/mol. The van der Waals surface area contributed by atoms with E-state index >= 15 is 0 Å². The van der Waals surface area contributed by atoms with Crippen LogP contribution in [0.2, 0.25) is 0 Å². The van der Waals surface area contributed by atoms with Crippen LogP contribution in [0.3, 0.4) is 0 Å². The highest BCUT2D eigenvalue weighted by molar-refractivity contribution is 5.81. The van der Waals surface area contributed by atoms with Gasteiger partial charge in [0.05, 0.1) is 25.6 Å². The van der Waals surface area contributed by atoms with Gasteiger partial charge in [-0.3, -0.25) is 9.59 Å². The van der Waals surface area contributed by atoms with Crippen molar-refractivity contribution in [3.8, 4) is 0 Å². The molecule has 0 aliphatic carbocycles. The standard InChI is InChI=1S/C22H40O4/c1-8-11-17(4)14-18(5)16-22(6,7)19(21(24)26-13-10-3)15-20(23)25-12-9-2/h16-17,19H,8-15H2,1-7H3/b18-16-. The fourth-order valence-electron chi connectivity index (χ4n) is 3.33. The van der Waals surface area contributed by atoms with Gasteiger partial charge in [0.2, 0.25) is 0 Å². The lowest BCUT2D eigenvalue weighted by Gasteiger charge is -2.30. The van der Waals surface area contributed by atoms with Gasteiger partial charge in [0.25, 0.3) is 0 Å². The Morgan fingerprint density at radius 1 is 0.962 bits per heavy atom. The summed E-state index contributed by atoms with van der Waals surface area (Å²) < 4.78 is 10.6. The zero-order valence-electron chi connectivity index (χ0n) is 18.0. The Morgan fingerprint density at radius 3 is 2.08 bits per heavy atom. The van der Waals surface area contributed by atoms with Crippen molar-refractivity contribution in [3.05, 3.63) is 11.6 Å². The summed E-state index contributed by atoms with van der Waals surface area (Å²) in [5.74, 6) is -0.554. The molecule has 2 atom stereocenters. The first-order valence-electron chi connectivity index (χ1n) is 10.2. The molecular weight excluding hydrogens is 328 g/mol. The molecule has 0 aliphatic rings. The van der Waals surface area contributed by atoms with Crippen LogP contribution in [0.5, 0.6) is 0 Å². The molecule has 0 radical (unpaired) electrons. The van der Waals surface area contributed by atoms with E-state index in [-0.39, 0.29) is 18.4 Å². The van der Waals surface area contributed by atoms with Crippen molar-refractivity contribution in [1.82, 2.24) is 0 Å². The Hall–Kier alpha value is -1.32. The minimum absolute atomic E-state index is 0.0594. The second-order valence-electron chi connectivity index (χ2n) is 8.05. The maximum absolute atomic E-state index is 12.6. The Morgan fingerprint density at radius 2 is 1.54 bits per heavy atom. The highest BCUT2D eigenvalue weighted by Gasteiger charge is 2.37. The van der Waals surface area contributed by atoms with Gasteiger partial charge in [-0.15, -0.1) is 0 Å². The van der Waals surface area contributed by atoms with E-state index in [1.165, 1.54) is 18.4 Å². The number of rotatable bonds is 13.